The largest absolute Gasteiger partial charge is 0.421 e. The summed E-state index contributed by atoms with van der Waals surface area (Å²) >= 11 is 1.59. The van der Waals surface area contributed by atoms with Gasteiger partial charge in [0.15, 0.2) is 0 Å². The van der Waals surface area contributed by atoms with Crippen LogP contribution >= 0.6 is 11.3 Å². The Labute approximate surface area is 143 Å². The third-order valence-electron chi connectivity index (χ3n) is 4.27. The molecule has 0 unspecified atom stereocenters. The highest BCUT2D eigenvalue weighted by atomic mass is 32.1. The number of rotatable bonds is 4. The average Bonchev–Trinajstić information content (AvgIpc) is 3.30. The number of aryl methyl sites for hydroxylation is 1. The first-order chi connectivity index (χ1) is 11.8. The fourth-order valence-electron chi connectivity index (χ4n) is 2.94. The molecule has 0 aliphatic carbocycles. The van der Waals surface area contributed by atoms with Gasteiger partial charge in [0.05, 0.1) is 0 Å². The first-order valence-electron chi connectivity index (χ1n) is 7.99. The Balaban J connectivity index is 1.36. The molecule has 0 bridgehead atoms. The fraction of sp³-hybridized carbons (Fsp3) is 0.278. The SMILES string of the molecule is O=C(CCc1nnc(-c2ccsc2)o1)N1CCc2ccccc2C1. The van der Waals surface area contributed by atoms with Crippen molar-refractivity contribution in [3.05, 3.63) is 58.1 Å². The highest BCUT2D eigenvalue weighted by Gasteiger charge is 2.20. The molecule has 6 heteroatoms. The third-order valence-corrected chi connectivity index (χ3v) is 4.95. The van der Waals surface area contributed by atoms with Gasteiger partial charge in [-0.3, -0.25) is 4.79 Å². The molecule has 122 valence electrons. The standard InChI is InChI=1S/C18H17N3O2S/c22-17(21-9-7-13-3-1-2-4-14(13)11-21)6-5-16-19-20-18(23-16)15-8-10-24-12-15/h1-4,8,10,12H,5-7,9,11H2. The molecule has 24 heavy (non-hydrogen) atoms. The van der Waals surface area contributed by atoms with Gasteiger partial charge >= 0.3 is 0 Å². The minimum Gasteiger partial charge on any atom is -0.421 e. The second-order valence-corrected chi connectivity index (χ2v) is 6.63. The lowest BCUT2D eigenvalue weighted by Gasteiger charge is -2.28. The zero-order valence-corrected chi connectivity index (χ0v) is 14.0. The third kappa shape index (κ3) is 3.10. The summed E-state index contributed by atoms with van der Waals surface area (Å²) in [6.45, 7) is 1.47. The van der Waals surface area contributed by atoms with E-state index in [1.54, 1.807) is 11.3 Å². The van der Waals surface area contributed by atoms with Crippen molar-refractivity contribution in [3.8, 4) is 11.5 Å². The van der Waals surface area contributed by atoms with E-state index in [0.29, 0.717) is 31.2 Å². The maximum atomic E-state index is 12.5. The monoisotopic (exact) mass is 339 g/mol. The van der Waals surface area contributed by atoms with Crippen LogP contribution in [0.4, 0.5) is 0 Å². The minimum atomic E-state index is 0.139. The lowest BCUT2D eigenvalue weighted by molar-refractivity contribution is -0.132. The van der Waals surface area contributed by atoms with Gasteiger partial charge in [-0.25, -0.2) is 0 Å². The predicted octanol–water partition coefficient (Wildman–Crippen LogP) is 3.32. The van der Waals surface area contributed by atoms with E-state index in [-0.39, 0.29) is 5.91 Å². The van der Waals surface area contributed by atoms with Gasteiger partial charge in [-0.1, -0.05) is 24.3 Å². The van der Waals surface area contributed by atoms with Crippen molar-refractivity contribution in [2.45, 2.75) is 25.8 Å². The Morgan fingerprint density at radius 2 is 2.08 bits per heavy atom. The number of benzene rings is 1. The average molecular weight is 339 g/mol. The molecule has 0 radical (unpaired) electrons. The van der Waals surface area contributed by atoms with Gasteiger partial charge < -0.3 is 9.32 Å². The van der Waals surface area contributed by atoms with E-state index in [4.69, 9.17) is 4.42 Å². The number of carbonyl (C=O) groups excluding carboxylic acids is 1. The Bertz CT molecular complexity index is 842. The molecule has 0 saturated carbocycles. The number of amides is 1. The van der Waals surface area contributed by atoms with Gasteiger partial charge in [-0.15, -0.1) is 10.2 Å². The lowest BCUT2D eigenvalue weighted by atomic mass is 9.99. The zero-order chi connectivity index (χ0) is 16.4. The van der Waals surface area contributed by atoms with Crippen LogP contribution in [0.15, 0.2) is 45.5 Å². The molecule has 0 atom stereocenters. The second-order valence-electron chi connectivity index (χ2n) is 5.85. The van der Waals surface area contributed by atoms with Crippen LogP contribution in [0.5, 0.6) is 0 Å². The maximum Gasteiger partial charge on any atom is 0.248 e. The molecule has 2 aromatic heterocycles. The molecule has 5 nitrogen and oxygen atoms in total. The van der Waals surface area contributed by atoms with E-state index in [1.165, 1.54) is 11.1 Å². The summed E-state index contributed by atoms with van der Waals surface area (Å²) in [6.07, 6.45) is 1.80. The minimum absolute atomic E-state index is 0.139. The van der Waals surface area contributed by atoms with Crippen molar-refractivity contribution in [2.75, 3.05) is 6.54 Å². The molecule has 1 aromatic carbocycles. The van der Waals surface area contributed by atoms with Crippen LogP contribution in [0, 0.1) is 0 Å². The number of hydrogen-bond acceptors (Lipinski definition) is 5. The van der Waals surface area contributed by atoms with Crippen molar-refractivity contribution >= 4 is 17.2 Å². The zero-order valence-electron chi connectivity index (χ0n) is 13.1. The molecule has 3 heterocycles. The predicted molar refractivity (Wildman–Crippen MR) is 91.5 cm³/mol. The topological polar surface area (TPSA) is 59.2 Å². The molecule has 0 N–H and O–H groups in total. The van der Waals surface area contributed by atoms with Crippen molar-refractivity contribution < 1.29 is 9.21 Å². The Morgan fingerprint density at radius 3 is 2.92 bits per heavy atom. The molecular weight excluding hydrogens is 322 g/mol. The molecular formula is C18H17N3O2S. The summed E-state index contributed by atoms with van der Waals surface area (Å²) < 4.78 is 5.64. The van der Waals surface area contributed by atoms with E-state index in [9.17, 15) is 4.79 Å². The summed E-state index contributed by atoms with van der Waals surface area (Å²) in [5, 5.41) is 12.0. The molecule has 4 rings (SSSR count). The molecule has 0 fully saturated rings. The van der Waals surface area contributed by atoms with Crippen molar-refractivity contribution in [1.29, 1.82) is 0 Å². The number of carbonyl (C=O) groups is 1. The van der Waals surface area contributed by atoms with Crippen LogP contribution in [-0.4, -0.2) is 27.5 Å². The summed E-state index contributed by atoms with van der Waals surface area (Å²) in [5.41, 5.74) is 3.52. The molecule has 1 aliphatic rings. The quantitative estimate of drug-likeness (QED) is 0.732. The van der Waals surface area contributed by atoms with E-state index in [0.717, 1.165) is 18.5 Å². The Hall–Kier alpha value is -2.47. The fourth-order valence-corrected chi connectivity index (χ4v) is 3.57. The summed E-state index contributed by atoms with van der Waals surface area (Å²) in [4.78, 5) is 14.4. The lowest BCUT2D eigenvalue weighted by Crippen LogP contribution is -2.36. The highest BCUT2D eigenvalue weighted by Crippen LogP contribution is 2.22. The first-order valence-corrected chi connectivity index (χ1v) is 8.93. The summed E-state index contributed by atoms with van der Waals surface area (Å²) in [5.74, 6) is 1.17. The van der Waals surface area contributed by atoms with Crippen molar-refractivity contribution in [3.63, 3.8) is 0 Å². The van der Waals surface area contributed by atoms with Crippen LogP contribution in [0.1, 0.15) is 23.4 Å². The maximum absolute atomic E-state index is 12.5. The number of fused-ring (bicyclic) bond motifs is 1. The molecule has 0 spiro atoms. The normalized spacial score (nSPS) is 13.8. The van der Waals surface area contributed by atoms with Gasteiger partial charge in [0.1, 0.15) is 0 Å². The number of hydrogen-bond donors (Lipinski definition) is 0. The van der Waals surface area contributed by atoms with Crippen LogP contribution in [0.2, 0.25) is 0 Å². The Kier molecular flexibility index (Phi) is 4.13. The number of thiophene rings is 1. The van der Waals surface area contributed by atoms with Gasteiger partial charge in [0, 0.05) is 36.9 Å². The van der Waals surface area contributed by atoms with Gasteiger partial charge in [-0.05, 0) is 29.0 Å². The molecule has 0 saturated heterocycles. The van der Waals surface area contributed by atoms with Gasteiger partial charge in [0.2, 0.25) is 17.7 Å². The van der Waals surface area contributed by atoms with Crippen LogP contribution < -0.4 is 0 Å². The van der Waals surface area contributed by atoms with Crippen molar-refractivity contribution in [2.24, 2.45) is 0 Å². The highest BCUT2D eigenvalue weighted by molar-refractivity contribution is 7.08. The molecule has 1 amide bonds. The van der Waals surface area contributed by atoms with E-state index in [2.05, 4.69) is 28.4 Å². The van der Waals surface area contributed by atoms with Crippen molar-refractivity contribution in [1.82, 2.24) is 15.1 Å². The first kappa shape index (κ1) is 15.1. The van der Waals surface area contributed by atoms with E-state index < -0.39 is 0 Å². The van der Waals surface area contributed by atoms with Crippen LogP contribution in [-0.2, 0) is 24.2 Å². The van der Waals surface area contributed by atoms with E-state index in [1.807, 2.05) is 27.8 Å². The second kappa shape index (κ2) is 6.57. The smallest absolute Gasteiger partial charge is 0.248 e. The number of aromatic nitrogens is 2. The molecule has 3 aromatic rings. The molecule has 1 aliphatic heterocycles. The van der Waals surface area contributed by atoms with Crippen LogP contribution in [0.25, 0.3) is 11.5 Å². The van der Waals surface area contributed by atoms with Crippen LogP contribution in [0.3, 0.4) is 0 Å². The number of nitrogens with zero attached hydrogens (tertiary/aromatic N) is 3. The summed E-state index contributed by atoms with van der Waals surface area (Å²) in [6, 6.07) is 10.3. The van der Waals surface area contributed by atoms with E-state index >= 15 is 0 Å². The Morgan fingerprint density at radius 1 is 1.21 bits per heavy atom. The van der Waals surface area contributed by atoms with Gasteiger partial charge in [0.25, 0.3) is 0 Å². The van der Waals surface area contributed by atoms with Gasteiger partial charge in [-0.2, -0.15) is 11.3 Å². The summed E-state index contributed by atoms with van der Waals surface area (Å²) in [7, 11) is 0.